The highest BCUT2D eigenvalue weighted by Gasteiger charge is 2.31. The molecular weight excluding hydrogens is 307 g/mol. The van der Waals surface area contributed by atoms with E-state index in [1.165, 1.54) is 13.2 Å². The SMILES string of the molecule is C=CC(=O)c1ccccc1Nc1cc(C(F)(F)F)ccc1OC. The van der Waals surface area contributed by atoms with E-state index in [2.05, 4.69) is 11.9 Å². The summed E-state index contributed by atoms with van der Waals surface area (Å²) < 4.78 is 43.7. The van der Waals surface area contributed by atoms with Crippen LogP contribution in [0.4, 0.5) is 24.5 Å². The third-order valence-corrected chi connectivity index (χ3v) is 3.17. The lowest BCUT2D eigenvalue weighted by molar-refractivity contribution is -0.137. The molecule has 0 aliphatic heterocycles. The minimum absolute atomic E-state index is 0.117. The Hall–Kier alpha value is -2.76. The van der Waals surface area contributed by atoms with E-state index in [0.717, 1.165) is 18.2 Å². The number of alkyl halides is 3. The van der Waals surface area contributed by atoms with Gasteiger partial charge in [0.15, 0.2) is 5.78 Å². The molecule has 3 nitrogen and oxygen atoms in total. The van der Waals surface area contributed by atoms with Crippen LogP contribution in [0.2, 0.25) is 0 Å². The van der Waals surface area contributed by atoms with E-state index in [9.17, 15) is 18.0 Å². The summed E-state index contributed by atoms with van der Waals surface area (Å²) in [5.74, 6) is -0.0992. The molecule has 23 heavy (non-hydrogen) atoms. The predicted molar refractivity (Wildman–Crippen MR) is 82.2 cm³/mol. The number of rotatable bonds is 5. The number of nitrogens with one attached hydrogen (secondary N) is 1. The van der Waals surface area contributed by atoms with Gasteiger partial charge in [-0.05, 0) is 36.4 Å². The van der Waals surface area contributed by atoms with Crippen molar-refractivity contribution in [3.05, 3.63) is 66.2 Å². The van der Waals surface area contributed by atoms with Gasteiger partial charge in [-0.2, -0.15) is 13.2 Å². The summed E-state index contributed by atoms with van der Waals surface area (Å²) in [6.45, 7) is 3.41. The summed E-state index contributed by atoms with van der Waals surface area (Å²) in [4.78, 5) is 11.8. The van der Waals surface area contributed by atoms with Crippen LogP contribution < -0.4 is 10.1 Å². The number of para-hydroxylation sites is 1. The molecule has 0 bridgehead atoms. The second kappa shape index (κ2) is 6.56. The number of allylic oxidation sites excluding steroid dienone is 1. The molecule has 0 radical (unpaired) electrons. The standard InChI is InChI=1S/C17H14F3NO2/c1-3-15(22)12-6-4-5-7-13(12)21-14-10-11(17(18,19)20)8-9-16(14)23-2/h3-10,21H,1H2,2H3. The molecule has 2 aromatic rings. The molecule has 0 aromatic heterocycles. The maximum Gasteiger partial charge on any atom is 0.416 e. The molecule has 0 saturated carbocycles. The Morgan fingerprint density at radius 3 is 2.48 bits per heavy atom. The molecule has 2 aromatic carbocycles. The molecule has 120 valence electrons. The molecular formula is C17H14F3NO2. The lowest BCUT2D eigenvalue weighted by atomic mass is 10.1. The molecule has 2 rings (SSSR count). The second-order valence-electron chi connectivity index (χ2n) is 4.65. The van der Waals surface area contributed by atoms with Crippen LogP contribution >= 0.6 is 0 Å². The molecule has 1 N–H and O–H groups in total. The maximum absolute atomic E-state index is 12.9. The number of ether oxygens (including phenoxy) is 1. The van der Waals surface area contributed by atoms with Gasteiger partial charge in [0.25, 0.3) is 0 Å². The highest BCUT2D eigenvalue weighted by molar-refractivity contribution is 6.08. The molecule has 0 fully saturated rings. The summed E-state index contributed by atoms with van der Waals surface area (Å²) in [6, 6.07) is 9.58. The van der Waals surface area contributed by atoms with E-state index >= 15 is 0 Å². The second-order valence-corrected chi connectivity index (χ2v) is 4.65. The smallest absolute Gasteiger partial charge is 0.416 e. The monoisotopic (exact) mass is 321 g/mol. The molecule has 6 heteroatoms. The Bertz CT molecular complexity index is 739. The van der Waals surface area contributed by atoms with Crippen molar-refractivity contribution in [3.8, 4) is 5.75 Å². The number of carbonyl (C=O) groups is 1. The first-order chi connectivity index (χ1) is 10.9. The molecule has 0 aliphatic carbocycles. The lowest BCUT2D eigenvalue weighted by Crippen LogP contribution is -2.07. The van der Waals surface area contributed by atoms with Gasteiger partial charge in [-0.3, -0.25) is 4.79 Å². The molecule has 0 unspecified atom stereocenters. The minimum atomic E-state index is -4.47. The van der Waals surface area contributed by atoms with Crippen molar-refractivity contribution in [2.45, 2.75) is 6.18 Å². The highest BCUT2D eigenvalue weighted by Crippen LogP contribution is 2.36. The summed E-state index contributed by atoms with van der Waals surface area (Å²) in [7, 11) is 1.36. The van der Waals surface area contributed by atoms with E-state index < -0.39 is 11.7 Å². The first-order valence-electron chi connectivity index (χ1n) is 6.65. The van der Waals surface area contributed by atoms with Crippen molar-refractivity contribution < 1.29 is 22.7 Å². The van der Waals surface area contributed by atoms with Crippen LogP contribution in [0.5, 0.6) is 5.75 Å². The average molecular weight is 321 g/mol. The van der Waals surface area contributed by atoms with Gasteiger partial charge in [0.05, 0.1) is 18.4 Å². The molecule has 0 saturated heterocycles. The van der Waals surface area contributed by atoms with Crippen LogP contribution in [0.25, 0.3) is 0 Å². The van der Waals surface area contributed by atoms with Gasteiger partial charge in [-0.25, -0.2) is 0 Å². The number of carbonyl (C=O) groups excluding carboxylic acids is 1. The van der Waals surface area contributed by atoms with Crippen molar-refractivity contribution in [2.24, 2.45) is 0 Å². The molecule has 0 spiro atoms. The fourth-order valence-electron chi connectivity index (χ4n) is 2.04. The van der Waals surface area contributed by atoms with Crippen LogP contribution in [-0.4, -0.2) is 12.9 Å². The number of halogens is 3. The van der Waals surface area contributed by atoms with Crippen molar-refractivity contribution in [1.82, 2.24) is 0 Å². The number of benzene rings is 2. The fraction of sp³-hybridized carbons (Fsp3) is 0.118. The molecule has 0 aliphatic rings. The zero-order chi connectivity index (χ0) is 17.0. The number of anilines is 2. The van der Waals surface area contributed by atoms with Gasteiger partial charge in [0, 0.05) is 11.3 Å². The Morgan fingerprint density at radius 1 is 1.17 bits per heavy atom. The largest absolute Gasteiger partial charge is 0.495 e. The Morgan fingerprint density at radius 2 is 1.87 bits per heavy atom. The summed E-state index contributed by atoms with van der Waals surface area (Å²) >= 11 is 0. The van der Waals surface area contributed by atoms with E-state index in [4.69, 9.17) is 4.74 Å². The molecule has 0 heterocycles. The first-order valence-corrected chi connectivity index (χ1v) is 6.65. The van der Waals surface area contributed by atoms with Gasteiger partial charge < -0.3 is 10.1 Å². The van der Waals surface area contributed by atoms with Gasteiger partial charge in [-0.1, -0.05) is 18.7 Å². The van der Waals surface area contributed by atoms with Gasteiger partial charge in [-0.15, -0.1) is 0 Å². The van der Waals surface area contributed by atoms with Crippen LogP contribution in [-0.2, 0) is 6.18 Å². The van der Waals surface area contributed by atoms with Crippen LogP contribution in [0.1, 0.15) is 15.9 Å². The Labute approximate surface area is 131 Å². The Balaban J connectivity index is 2.48. The lowest BCUT2D eigenvalue weighted by Gasteiger charge is -2.16. The van der Waals surface area contributed by atoms with Crippen LogP contribution in [0.15, 0.2) is 55.1 Å². The maximum atomic E-state index is 12.9. The van der Waals surface area contributed by atoms with E-state index in [1.54, 1.807) is 24.3 Å². The number of methoxy groups -OCH3 is 1. The summed E-state index contributed by atoms with van der Waals surface area (Å²) in [6.07, 6.45) is -3.33. The fourth-order valence-corrected chi connectivity index (χ4v) is 2.04. The Kier molecular flexibility index (Phi) is 4.74. The average Bonchev–Trinajstić information content (AvgIpc) is 2.53. The topological polar surface area (TPSA) is 38.3 Å². The van der Waals surface area contributed by atoms with Crippen LogP contribution in [0, 0.1) is 0 Å². The normalized spacial score (nSPS) is 11.0. The van der Waals surface area contributed by atoms with E-state index in [-0.39, 0.29) is 17.2 Å². The summed E-state index contributed by atoms with van der Waals surface area (Å²) in [5, 5.41) is 2.83. The van der Waals surface area contributed by atoms with Crippen molar-refractivity contribution >= 4 is 17.2 Å². The molecule has 0 atom stereocenters. The van der Waals surface area contributed by atoms with Crippen molar-refractivity contribution in [2.75, 3.05) is 12.4 Å². The van der Waals surface area contributed by atoms with Crippen LogP contribution in [0.3, 0.4) is 0 Å². The summed E-state index contributed by atoms with van der Waals surface area (Å²) in [5.41, 5.74) is -0.0167. The van der Waals surface area contributed by atoms with Gasteiger partial charge in [0.2, 0.25) is 0 Å². The number of hydrogen-bond donors (Lipinski definition) is 1. The van der Waals surface area contributed by atoms with Crippen molar-refractivity contribution in [3.63, 3.8) is 0 Å². The highest BCUT2D eigenvalue weighted by atomic mass is 19.4. The quantitative estimate of drug-likeness (QED) is 0.633. The van der Waals surface area contributed by atoms with E-state index in [0.29, 0.717) is 11.3 Å². The first kappa shape index (κ1) is 16.6. The minimum Gasteiger partial charge on any atom is -0.495 e. The third-order valence-electron chi connectivity index (χ3n) is 3.17. The third kappa shape index (κ3) is 3.71. The zero-order valence-corrected chi connectivity index (χ0v) is 12.3. The number of ketones is 1. The van der Waals surface area contributed by atoms with E-state index in [1.807, 2.05) is 0 Å². The van der Waals surface area contributed by atoms with Gasteiger partial charge in [0.1, 0.15) is 5.75 Å². The van der Waals surface area contributed by atoms with Gasteiger partial charge >= 0.3 is 6.18 Å². The molecule has 0 amide bonds. The predicted octanol–water partition coefficient (Wildman–Crippen LogP) is 4.83. The number of hydrogen-bond acceptors (Lipinski definition) is 3. The van der Waals surface area contributed by atoms with Crippen molar-refractivity contribution in [1.29, 1.82) is 0 Å². The zero-order valence-electron chi connectivity index (χ0n) is 12.3.